The van der Waals surface area contributed by atoms with Gasteiger partial charge in [0.25, 0.3) is 11.8 Å². The molecule has 1 aromatic rings. The van der Waals surface area contributed by atoms with Crippen LogP contribution in [0.2, 0.25) is 0 Å². The average Bonchev–Trinajstić information content (AvgIpc) is 2.82. The van der Waals surface area contributed by atoms with Crippen molar-refractivity contribution in [2.75, 3.05) is 7.11 Å². The maximum Gasteiger partial charge on any atom is 0.310 e. The van der Waals surface area contributed by atoms with Crippen molar-refractivity contribution in [3.05, 3.63) is 41.0 Å². The maximum atomic E-state index is 11.7. The van der Waals surface area contributed by atoms with Crippen LogP contribution in [0.15, 0.2) is 29.8 Å². The van der Waals surface area contributed by atoms with Crippen molar-refractivity contribution in [2.45, 2.75) is 19.6 Å². The number of nitrogens with one attached hydrogen (secondary N) is 1. The fourth-order valence-electron chi connectivity index (χ4n) is 1.98. The molecule has 3 N–H and O–H groups in total. The zero-order valence-corrected chi connectivity index (χ0v) is 12.0. The number of methoxy groups -OCH3 is 1. The minimum Gasteiger partial charge on any atom is -0.496 e. The van der Waals surface area contributed by atoms with Crippen LogP contribution >= 0.6 is 0 Å². The third-order valence-corrected chi connectivity index (χ3v) is 3.14. The van der Waals surface area contributed by atoms with E-state index in [1.807, 2.05) is 6.07 Å². The summed E-state index contributed by atoms with van der Waals surface area (Å²) in [6, 6.07) is 5.35. The Balaban J connectivity index is 1.95. The first-order chi connectivity index (χ1) is 10.5. The maximum absolute atomic E-state index is 11.7. The summed E-state index contributed by atoms with van der Waals surface area (Å²) in [7, 11) is 1.51. The Bertz CT molecular complexity index is 651. The third kappa shape index (κ3) is 3.70. The second-order valence-electron chi connectivity index (χ2n) is 4.68. The molecule has 0 aliphatic carbocycles. The molecule has 0 unspecified atom stereocenters. The van der Waals surface area contributed by atoms with Crippen molar-refractivity contribution in [3.63, 3.8) is 0 Å². The number of ether oxygens (including phenoxy) is 2. The summed E-state index contributed by atoms with van der Waals surface area (Å²) in [5.41, 5.74) is 7.24. The second kappa shape index (κ2) is 6.86. The molecule has 0 atom stereocenters. The van der Waals surface area contributed by atoms with E-state index in [9.17, 15) is 14.4 Å². The normalized spacial score (nSPS) is 13.6. The number of carbonyl (C=O) groups excluding carboxylic acids is 3. The number of nitrogens with two attached hydrogens (primary N) is 1. The van der Waals surface area contributed by atoms with E-state index in [1.54, 1.807) is 12.1 Å². The van der Waals surface area contributed by atoms with Gasteiger partial charge in [0.2, 0.25) is 0 Å². The monoisotopic (exact) mass is 304 g/mol. The minimum atomic E-state index is -0.596. The summed E-state index contributed by atoms with van der Waals surface area (Å²) < 4.78 is 10.3. The molecule has 1 aliphatic rings. The smallest absolute Gasteiger partial charge is 0.310 e. The van der Waals surface area contributed by atoms with Gasteiger partial charge in [-0.3, -0.25) is 19.7 Å². The molecule has 0 radical (unpaired) electrons. The molecular formula is C15H16N2O5. The van der Waals surface area contributed by atoms with Crippen LogP contribution in [0.3, 0.4) is 0 Å². The van der Waals surface area contributed by atoms with E-state index in [4.69, 9.17) is 15.2 Å². The lowest BCUT2D eigenvalue weighted by Crippen LogP contribution is -2.23. The van der Waals surface area contributed by atoms with Gasteiger partial charge < -0.3 is 15.2 Å². The van der Waals surface area contributed by atoms with E-state index >= 15 is 0 Å². The predicted molar refractivity (Wildman–Crippen MR) is 76.5 cm³/mol. The number of hydrogen-bond donors (Lipinski definition) is 2. The Morgan fingerprint density at radius 3 is 2.68 bits per heavy atom. The van der Waals surface area contributed by atoms with Crippen LogP contribution in [0.5, 0.6) is 5.75 Å². The SMILES string of the molecule is COc1cc(CN)ccc1COC(=O)CC1=CC(=O)NC1=O. The highest BCUT2D eigenvalue weighted by molar-refractivity contribution is 6.17. The molecule has 2 amide bonds. The first kappa shape index (κ1) is 15.7. The molecule has 7 heteroatoms. The van der Waals surface area contributed by atoms with Crippen molar-refractivity contribution in [1.82, 2.24) is 5.32 Å². The quantitative estimate of drug-likeness (QED) is 0.573. The number of carbonyl (C=O) groups is 3. The molecule has 2 rings (SSSR count). The van der Waals surface area contributed by atoms with Gasteiger partial charge in [0, 0.05) is 23.8 Å². The molecule has 22 heavy (non-hydrogen) atoms. The summed E-state index contributed by atoms with van der Waals surface area (Å²) >= 11 is 0. The molecule has 0 fully saturated rings. The Kier molecular flexibility index (Phi) is 4.90. The lowest BCUT2D eigenvalue weighted by atomic mass is 10.1. The van der Waals surface area contributed by atoms with Crippen molar-refractivity contribution >= 4 is 17.8 Å². The number of rotatable bonds is 6. The summed E-state index contributed by atoms with van der Waals surface area (Å²) in [5, 5.41) is 2.07. The summed E-state index contributed by atoms with van der Waals surface area (Å²) in [4.78, 5) is 34.0. The highest BCUT2D eigenvalue weighted by Crippen LogP contribution is 2.21. The molecule has 1 aromatic carbocycles. The van der Waals surface area contributed by atoms with Gasteiger partial charge in [0.1, 0.15) is 12.4 Å². The van der Waals surface area contributed by atoms with Gasteiger partial charge in [-0.05, 0) is 11.6 Å². The zero-order valence-electron chi connectivity index (χ0n) is 12.0. The molecule has 0 bridgehead atoms. The van der Waals surface area contributed by atoms with Crippen molar-refractivity contribution < 1.29 is 23.9 Å². The van der Waals surface area contributed by atoms with Crippen LogP contribution in [0.1, 0.15) is 17.5 Å². The lowest BCUT2D eigenvalue weighted by molar-refractivity contribution is -0.144. The molecule has 0 spiro atoms. The van der Waals surface area contributed by atoms with E-state index in [-0.39, 0.29) is 18.6 Å². The fraction of sp³-hybridized carbons (Fsp3) is 0.267. The highest BCUT2D eigenvalue weighted by atomic mass is 16.5. The van der Waals surface area contributed by atoms with Crippen LogP contribution in [-0.2, 0) is 32.3 Å². The van der Waals surface area contributed by atoms with Gasteiger partial charge in [0.15, 0.2) is 0 Å². The van der Waals surface area contributed by atoms with Gasteiger partial charge in [-0.1, -0.05) is 12.1 Å². The van der Waals surface area contributed by atoms with Crippen LogP contribution in [-0.4, -0.2) is 24.9 Å². The minimum absolute atomic E-state index is 0.00963. The first-order valence-corrected chi connectivity index (χ1v) is 6.61. The molecule has 7 nitrogen and oxygen atoms in total. The standard InChI is InChI=1S/C15H16N2O5/c1-21-12-4-9(7-16)2-3-10(12)8-22-14(19)6-11-5-13(18)17-15(11)20/h2-5H,6-8,16H2,1H3,(H,17,18,20). The second-order valence-corrected chi connectivity index (χ2v) is 4.68. The first-order valence-electron chi connectivity index (χ1n) is 6.61. The number of amides is 2. The number of imide groups is 1. The van der Waals surface area contributed by atoms with E-state index < -0.39 is 17.8 Å². The molecule has 1 aliphatic heterocycles. The molecule has 0 saturated heterocycles. The van der Waals surface area contributed by atoms with E-state index in [1.165, 1.54) is 7.11 Å². The van der Waals surface area contributed by atoms with Crippen LogP contribution in [0, 0.1) is 0 Å². The molecule has 0 saturated carbocycles. The van der Waals surface area contributed by atoms with Gasteiger partial charge in [0.05, 0.1) is 13.5 Å². The lowest BCUT2D eigenvalue weighted by Gasteiger charge is -2.10. The van der Waals surface area contributed by atoms with Gasteiger partial charge in [-0.15, -0.1) is 0 Å². The van der Waals surface area contributed by atoms with Gasteiger partial charge in [-0.2, -0.15) is 0 Å². The van der Waals surface area contributed by atoms with Crippen LogP contribution in [0.4, 0.5) is 0 Å². The van der Waals surface area contributed by atoms with Crippen LogP contribution < -0.4 is 15.8 Å². The van der Waals surface area contributed by atoms with Gasteiger partial charge in [-0.25, -0.2) is 0 Å². The molecule has 0 aromatic heterocycles. The Hall–Kier alpha value is -2.67. The summed E-state index contributed by atoms with van der Waals surface area (Å²) in [6.45, 7) is 0.392. The van der Waals surface area contributed by atoms with Crippen molar-refractivity contribution in [3.8, 4) is 5.75 Å². The predicted octanol–water partition coefficient (Wildman–Crippen LogP) is 0.170. The largest absolute Gasteiger partial charge is 0.496 e. The number of benzene rings is 1. The molecule has 1 heterocycles. The fourth-order valence-corrected chi connectivity index (χ4v) is 1.98. The molecular weight excluding hydrogens is 288 g/mol. The topological polar surface area (TPSA) is 108 Å². The average molecular weight is 304 g/mol. The summed E-state index contributed by atoms with van der Waals surface area (Å²) in [5.74, 6) is -1.11. The summed E-state index contributed by atoms with van der Waals surface area (Å²) in [6.07, 6.45) is 0.848. The Morgan fingerprint density at radius 2 is 2.09 bits per heavy atom. The zero-order chi connectivity index (χ0) is 16.1. The van der Waals surface area contributed by atoms with Gasteiger partial charge >= 0.3 is 5.97 Å². The Labute approximate surface area is 127 Å². The van der Waals surface area contributed by atoms with Crippen molar-refractivity contribution in [1.29, 1.82) is 0 Å². The van der Waals surface area contributed by atoms with Crippen molar-refractivity contribution in [2.24, 2.45) is 5.73 Å². The molecule has 116 valence electrons. The number of hydrogen-bond acceptors (Lipinski definition) is 6. The Morgan fingerprint density at radius 1 is 1.32 bits per heavy atom. The van der Waals surface area contributed by atoms with E-state index in [2.05, 4.69) is 5.32 Å². The van der Waals surface area contributed by atoms with E-state index in [0.717, 1.165) is 11.6 Å². The number of esters is 1. The van der Waals surface area contributed by atoms with E-state index in [0.29, 0.717) is 17.9 Å². The highest BCUT2D eigenvalue weighted by Gasteiger charge is 2.23. The van der Waals surface area contributed by atoms with Crippen LogP contribution in [0.25, 0.3) is 0 Å². The third-order valence-electron chi connectivity index (χ3n) is 3.14.